The van der Waals surface area contributed by atoms with Crippen molar-refractivity contribution in [3.8, 4) is 0 Å². The van der Waals surface area contributed by atoms with Crippen molar-refractivity contribution in [3.63, 3.8) is 0 Å². The Kier molecular flexibility index (Phi) is 4.75. The maximum Gasteiger partial charge on any atom is 0.271 e. The molecule has 1 heterocycles. The number of amides is 1. The number of fused-ring (bicyclic) bond motifs is 1. The van der Waals surface area contributed by atoms with Gasteiger partial charge in [-0.1, -0.05) is 18.2 Å². The second-order valence-electron chi connectivity index (χ2n) is 5.18. The van der Waals surface area contributed by atoms with Crippen LogP contribution in [0.1, 0.15) is 21.5 Å². The summed E-state index contributed by atoms with van der Waals surface area (Å²) in [7, 11) is 0. The van der Waals surface area contributed by atoms with E-state index in [-0.39, 0.29) is 16.9 Å². The van der Waals surface area contributed by atoms with Gasteiger partial charge >= 0.3 is 0 Å². The first-order valence-corrected chi connectivity index (χ1v) is 8.24. The number of carbonyl (C=O) groups is 1. The highest BCUT2D eigenvalue weighted by atomic mass is 127. The average molecular weight is 432 g/mol. The van der Waals surface area contributed by atoms with Gasteiger partial charge in [-0.2, -0.15) is 5.10 Å². The van der Waals surface area contributed by atoms with Crippen molar-refractivity contribution in [2.24, 2.45) is 5.10 Å². The molecule has 24 heavy (non-hydrogen) atoms. The monoisotopic (exact) mass is 432 g/mol. The Labute approximate surface area is 151 Å². The molecule has 3 aromatic rings. The largest absolute Gasteiger partial charge is 0.463 e. The maximum atomic E-state index is 12.3. The number of halogens is 1. The molecule has 0 radical (unpaired) electrons. The highest BCUT2D eigenvalue weighted by molar-refractivity contribution is 14.1. The number of rotatable bonds is 3. The number of hydrogen-bond acceptors (Lipinski definition) is 4. The average Bonchev–Trinajstić information content (AvgIpc) is 2.59. The highest BCUT2D eigenvalue weighted by Crippen LogP contribution is 2.13. The molecule has 0 aliphatic heterocycles. The molecule has 0 bridgehead atoms. The molecule has 5 nitrogen and oxygen atoms in total. The fraction of sp³-hybridized carbons (Fsp3) is 0.0556. The van der Waals surface area contributed by atoms with Crippen LogP contribution in [-0.2, 0) is 0 Å². The number of benzene rings is 2. The molecule has 0 spiro atoms. The molecule has 0 saturated carbocycles. The Bertz CT molecular complexity index is 1010. The Morgan fingerprint density at radius 1 is 1.25 bits per heavy atom. The third kappa shape index (κ3) is 3.38. The molecule has 0 unspecified atom stereocenters. The lowest BCUT2D eigenvalue weighted by Gasteiger charge is -2.03. The Hall–Kier alpha value is -2.48. The minimum Gasteiger partial charge on any atom is -0.463 e. The van der Waals surface area contributed by atoms with Gasteiger partial charge < -0.3 is 4.42 Å². The van der Waals surface area contributed by atoms with Gasteiger partial charge in [-0.15, -0.1) is 0 Å². The zero-order chi connectivity index (χ0) is 17.1. The number of para-hydroxylation sites is 1. The predicted octanol–water partition coefficient (Wildman–Crippen LogP) is 3.47. The molecule has 0 aliphatic carbocycles. The lowest BCUT2D eigenvalue weighted by atomic mass is 10.1. The molecule has 1 N–H and O–H groups in total. The number of hydrogen-bond donors (Lipinski definition) is 1. The minimum atomic E-state index is -0.339. The van der Waals surface area contributed by atoms with Crippen molar-refractivity contribution in [1.82, 2.24) is 5.43 Å². The van der Waals surface area contributed by atoms with Crippen LogP contribution in [0.25, 0.3) is 11.0 Å². The van der Waals surface area contributed by atoms with Crippen LogP contribution in [0, 0.1) is 10.5 Å². The van der Waals surface area contributed by atoms with E-state index in [0.29, 0.717) is 16.5 Å². The minimum absolute atomic E-state index is 0.195. The van der Waals surface area contributed by atoms with E-state index in [0.717, 1.165) is 9.13 Å². The smallest absolute Gasteiger partial charge is 0.271 e. The molecule has 2 aromatic carbocycles. The predicted molar refractivity (Wildman–Crippen MR) is 101 cm³/mol. The summed E-state index contributed by atoms with van der Waals surface area (Å²) in [5.74, 6) is -0.339. The first-order chi connectivity index (χ1) is 11.6. The Morgan fingerprint density at radius 2 is 2.04 bits per heavy atom. The van der Waals surface area contributed by atoms with Crippen LogP contribution in [0.4, 0.5) is 0 Å². The van der Waals surface area contributed by atoms with Crippen LogP contribution >= 0.6 is 22.6 Å². The van der Waals surface area contributed by atoms with E-state index in [4.69, 9.17) is 4.42 Å². The Morgan fingerprint density at radius 3 is 2.83 bits per heavy atom. The van der Waals surface area contributed by atoms with E-state index in [1.165, 1.54) is 12.5 Å². The van der Waals surface area contributed by atoms with E-state index in [1.54, 1.807) is 36.4 Å². The lowest BCUT2D eigenvalue weighted by Crippen LogP contribution is -2.18. The van der Waals surface area contributed by atoms with Gasteiger partial charge in [-0.3, -0.25) is 9.59 Å². The van der Waals surface area contributed by atoms with Gasteiger partial charge in [0.2, 0.25) is 5.43 Å². The number of nitrogens with zero attached hydrogens (tertiary/aromatic N) is 1. The number of carbonyl (C=O) groups excluding carboxylic acids is 1. The summed E-state index contributed by atoms with van der Waals surface area (Å²) in [4.78, 5) is 24.4. The molecule has 6 heteroatoms. The summed E-state index contributed by atoms with van der Waals surface area (Å²) < 4.78 is 6.39. The van der Waals surface area contributed by atoms with Crippen LogP contribution < -0.4 is 10.9 Å². The van der Waals surface area contributed by atoms with Gasteiger partial charge in [0.05, 0.1) is 17.2 Å². The van der Waals surface area contributed by atoms with E-state index in [2.05, 4.69) is 33.1 Å². The first kappa shape index (κ1) is 16.4. The topological polar surface area (TPSA) is 71.7 Å². The third-order valence-corrected chi connectivity index (χ3v) is 4.67. The van der Waals surface area contributed by atoms with Gasteiger partial charge in [-0.25, -0.2) is 5.43 Å². The van der Waals surface area contributed by atoms with Gasteiger partial charge in [-0.05, 0) is 59.3 Å². The number of nitrogens with one attached hydrogen (secondary N) is 1. The quantitative estimate of drug-likeness (QED) is 0.392. The van der Waals surface area contributed by atoms with Crippen molar-refractivity contribution < 1.29 is 9.21 Å². The molecule has 0 atom stereocenters. The summed E-state index contributed by atoms with van der Waals surface area (Å²) in [6.45, 7) is 1.97. The van der Waals surface area contributed by atoms with Gasteiger partial charge in [0.15, 0.2) is 0 Å². The maximum absolute atomic E-state index is 12.3. The SMILES string of the molecule is Cc1ccc(C(=O)N/N=C/c2coc3ccccc3c2=O)cc1I. The van der Waals surface area contributed by atoms with Crippen molar-refractivity contribution >= 4 is 45.7 Å². The molecule has 0 aliphatic rings. The van der Waals surface area contributed by atoms with E-state index < -0.39 is 0 Å². The number of hydrazone groups is 1. The van der Waals surface area contributed by atoms with E-state index >= 15 is 0 Å². The summed E-state index contributed by atoms with van der Waals surface area (Å²) in [5.41, 5.74) is 4.61. The number of aryl methyl sites for hydroxylation is 1. The molecule has 1 amide bonds. The normalized spacial score (nSPS) is 11.1. The second-order valence-corrected chi connectivity index (χ2v) is 6.34. The van der Waals surface area contributed by atoms with Crippen molar-refractivity contribution in [1.29, 1.82) is 0 Å². The second kappa shape index (κ2) is 6.96. The fourth-order valence-corrected chi connectivity index (χ4v) is 2.66. The molecule has 120 valence electrons. The van der Waals surface area contributed by atoms with Gasteiger partial charge in [0.25, 0.3) is 5.91 Å². The zero-order valence-electron chi connectivity index (χ0n) is 12.7. The zero-order valence-corrected chi connectivity index (χ0v) is 14.9. The fourth-order valence-electron chi connectivity index (χ4n) is 2.14. The van der Waals surface area contributed by atoms with E-state index in [9.17, 15) is 9.59 Å². The van der Waals surface area contributed by atoms with Crippen LogP contribution in [0.3, 0.4) is 0 Å². The van der Waals surface area contributed by atoms with E-state index in [1.807, 2.05) is 13.0 Å². The lowest BCUT2D eigenvalue weighted by molar-refractivity contribution is 0.0955. The standard InChI is InChI=1S/C18H13IN2O3/c1-11-6-7-12(8-15(11)19)18(23)21-20-9-13-10-24-16-5-3-2-4-14(16)17(13)22/h2-10H,1H3,(H,21,23)/b20-9+. The summed E-state index contributed by atoms with van der Waals surface area (Å²) in [5, 5.41) is 4.32. The van der Waals surface area contributed by atoms with Gasteiger partial charge in [0, 0.05) is 9.13 Å². The van der Waals surface area contributed by atoms with Crippen molar-refractivity contribution in [2.75, 3.05) is 0 Å². The molecule has 3 rings (SSSR count). The van der Waals surface area contributed by atoms with Crippen LogP contribution in [0.15, 0.2) is 63.0 Å². The van der Waals surface area contributed by atoms with Crippen LogP contribution in [-0.4, -0.2) is 12.1 Å². The highest BCUT2D eigenvalue weighted by Gasteiger charge is 2.07. The van der Waals surface area contributed by atoms with Gasteiger partial charge in [0.1, 0.15) is 11.8 Å². The molecular weight excluding hydrogens is 419 g/mol. The molecule has 0 saturated heterocycles. The van der Waals surface area contributed by atoms with Crippen LogP contribution in [0.5, 0.6) is 0 Å². The molecule has 0 fully saturated rings. The molecular formula is C18H13IN2O3. The summed E-state index contributed by atoms with van der Waals surface area (Å²) >= 11 is 2.17. The first-order valence-electron chi connectivity index (χ1n) is 7.16. The van der Waals surface area contributed by atoms with Crippen molar-refractivity contribution in [2.45, 2.75) is 6.92 Å². The summed E-state index contributed by atoms with van der Waals surface area (Å²) in [6, 6.07) is 12.4. The van der Waals surface area contributed by atoms with Crippen molar-refractivity contribution in [3.05, 3.63) is 79.2 Å². The Balaban J connectivity index is 1.79. The van der Waals surface area contributed by atoms with Crippen LogP contribution in [0.2, 0.25) is 0 Å². The third-order valence-electron chi connectivity index (χ3n) is 3.51. The molecule has 1 aromatic heterocycles. The summed E-state index contributed by atoms with van der Waals surface area (Å²) in [6.07, 6.45) is 2.62.